The summed E-state index contributed by atoms with van der Waals surface area (Å²) in [6, 6.07) is 20.5. The van der Waals surface area contributed by atoms with Crippen molar-refractivity contribution in [3.05, 3.63) is 78.1 Å². The van der Waals surface area contributed by atoms with Gasteiger partial charge in [0.1, 0.15) is 16.9 Å². The van der Waals surface area contributed by atoms with Crippen LogP contribution in [0.15, 0.2) is 72.0 Å². The molecule has 0 radical (unpaired) electrons. The normalized spacial score (nSPS) is 14.0. The molecule has 1 aromatic heterocycles. The zero-order valence-electron chi connectivity index (χ0n) is 15.5. The Bertz CT molecular complexity index is 962. The lowest BCUT2D eigenvalue weighted by atomic mass is 10.1. The molecular weight excluding hydrogens is 366 g/mol. The Morgan fingerprint density at radius 1 is 0.893 bits per heavy atom. The number of hydrogen-bond donors (Lipinski definition) is 0. The first-order valence-corrected chi connectivity index (χ1v) is 10.3. The van der Waals surface area contributed by atoms with E-state index in [4.69, 9.17) is 4.98 Å². The number of anilines is 2. The molecule has 1 saturated heterocycles. The van der Waals surface area contributed by atoms with Crippen molar-refractivity contribution in [2.75, 3.05) is 36.0 Å². The van der Waals surface area contributed by atoms with Gasteiger partial charge in [-0.2, -0.15) is 5.26 Å². The van der Waals surface area contributed by atoms with Crippen molar-refractivity contribution in [1.29, 1.82) is 5.26 Å². The Kier molecular flexibility index (Phi) is 5.74. The Labute approximate surface area is 169 Å². The van der Waals surface area contributed by atoms with Crippen molar-refractivity contribution in [3.63, 3.8) is 0 Å². The van der Waals surface area contributed by atoms with Crippen LogP contribution in [0.1, 0.15) is 11.1 Å². The molecule has 0 atom stereocenters. The Morgan fingerprint density at radius 2 is 1.61 bits per heavy atom. The molecule has 0 spiro atoms. The SMILES string of the molecule is N#Cc1ccccc1N1CCN(c2cncc(SCc3ccccc3)n2)CC1. The van der Waals surface area contributed by atoms with Gasteiger partial charge in [-0.15, -0.1) is 11.8 Å². The second-order valence-corrected chi connectivity index (χ2v) is 7.59. The lowest BCUT2D eigenvalue weighted by Crippen LogP contribution is -2.47. The van der Waals surface area contributed by atoms with Crippen LogP contribution >= 0.6 is 11.8 Å². The number of rotatable bonds is 5. The predicted molar refractivity (Wildman–Crippen MR) is 114 cm³/mol. The van der Waals surface area contributed by atoms with Crippen LogP contribution in [0.25, 0.3) is 0 Å². The van der Waals surface area contributed by atoms with E-state index in [-0.39, 0.29) is 0 Å². The summed E-state index contributed by atoms with van der Waals surface area (Å²) in [7, 11) is 0. The minimum absolute atomic E-state index is 0.732. The minimum atomic E-state index is 0.732. The van der Waals surface area contributed by atoms with Gasteiger partial charge in [0.25, 0.3) is 0 Å². The van der Waals surface area contributed by atoms with Gasteiger partial charge in [-0.3, -0.25) is 4.98 Å². The summed E-state index contributed by atoms with van der Waals surface area (Å²) < 4.78 is 0. The number of para-hydroxylation sites is 1. The van der Waals surface area contributed by atoms with Crippen LogP contribution in [0.2, 0.25) is 0 Å². The number of nitrogens with zero attached hydrogens (tertiary/aromatic N) is 5. The molecule has 1 aliphatic rings. The number of thioether (sulfide) groups is 1. The van der Waals surface area contributed by atoms with E-state index in [1.54, 1.807) is 11.8 Å². The zero-order chi connectivity index (χ0) is 19.2. The van der Waals surface area contributed by atoms with Crippen LogP contribution in [-0.2, 0) is 5.75 Å². The van der Waals surface area contributed by atoms with Gasteiger partial charge in [-0.1, -0.05) is 42.5 Å². The maximum Gasteiger partial charge on any atom is 0.148 e. The standard InChI is InChI=1S/C22H21N5S/c23-14-19-8-4-5-9-20(19)26-10-12-27(13-11-26)21-15-24-16-22(25-21)28-17-18-6-2-1-3-7-18/h1-9,15-16H,10-13,17H2. The predicted octanol–water partition coefficient (Wildman–Crippen LogP) is 3.97. The molecule has 28 heavy (non-hydrogen) atoms. The van der Waals surface area contributed by atoms with Gasteiger partial charge in [0.05, 0.1) is 23.6 Å². The third kappa shape index (κ3) is 4.26. The average molecular weight is 388 g/mol. The molecule has 0 N–H and O–H groups in total. The van der Waals surface area contributed by atoms with Crippen molar-refractivity contribution >= 4 is 23.3 Å². The van der Waals surface area contributed by atoms with Crippen molar-refractivity contribution < 1.29 is 0 Å². The maximum atomic E-state index is 9.33. The summed E-state index contributed by atoms with van der Waals surface area (Å²) in [5, 5.41) is 10.3. The monoisotopic (exact) mass is 387 g/mol. The van der Waals surface area contributed by atoms with Gasteiger partial charge in [0.15, 0.2) is 0 Å². The highest BCUT2D eigenvalue weighted by molar-refractivity contribution is 7.98. The van der Waals surface area contributed by atoms with Gasteiger partial charge < -0.3 is 9.80 Å². The Morgan fingerprint density at radius 3 is 2.39 bits per heavy atom. The van der Waals surface area contributed by atoms with E-state index in [9.17, 15) is 5.26 Å². The molecule has 0 bridgehead atoms. The average Bonchev–Trinajstić information content (AvgIpc) is 2.79. The fraction of sp³-hybridized carbons (Fsp3) is 0.227. The summed E-state index contributed by atoms with van der Waals surface area (Å²) >= 11 is 1.71. The van der Waals surface area contributed by atoms with Crippen molar-refractivity contribution in [2.24, 2.45) is 0 Å². The van der Waals surface area contributed by atoms with Crippen LogP contribution in [0.3, 0.4) is 0 Å². The topological polar surface area (TPSA) is 56.1 Å². The van der Waals surface area contributed by atoms with Crippen LogP contribution < -0.4 is 9.80 Å². The van der Waals surface area contributed by atoms with Crippen LogP contribution in [0.4, 0.5) is 11.5 Å². The first-order chi connectivity index (χ1) is 13.8. The number of aromatic nitrogens is 2. The second kappa shape index (κ2) is 8.77. The smallest absolute Gasteiger partial charge is 0.148 e. The number of hydrogen-bond acceptors (Lipinski definition) is 6. The molecule has 3 aromatic rings. The van der Waals surface area contributed by atoms with E-state index >= 15 is 0 Å². The Balaban J connectivity index is 1.39. The summed E-state index contributed by atoms with van der Waals surface area (Å²) in [6.07, 6.45) is 3.67. The zero-order valence-corrected chi connectivity index (χ0v) is 16.3. The summed E-state index contributed by atoms with van der Waals surface area (Å²) in [5.41, 5.74) is 3.03. The van der Waals surface area contributed by atoms with Crippen molar-refractivity contribution in [1.82, 2.24) is 9.97 Å². The molecule has 0 unspecified atom stereocenters. The van der Waals surface area contributed by atoms with E-state index < -0.39 is 0 Å². The maximum absolute atomic E-state index is 9.33. The first-order valence-electron chi connectivity index (χ1n) is 9.31. The van der Waals surface area contributed by atoms with Gasteiger partial charge in [0, 0.05) is 31.9 Å². The molecule has 0 saturated carbocycles. The van der Waals surface area contributed by atoms with Crippen LogP contribution in [0.5, 0.6) is 0 Å². The van der Waals surface area contributed by atoms with E-state index in [1.165, 1.54) is 5.56 Å². The lowest BCUT2D eigenvalue weighted by Gasteiger charge is -2.37. The van der Waals surface area contributed by atoms with Gasteiger partial charge in [0.2, 0.25) is 0 Å². The third-order valence-corrected chi connectivity index (χ3v) is 5.77. The number of piperazine rings is 1. The Hall–Kier alpha value is -3.04. The largest absolute Gasteiger partial charge is 0.367 e. The number of nitriles is 1. The van der Waals surface area contributed by atoms with Crippen molar-refractivity contribution in [3.8, 4) is 6.07 Å². The quantitative estimate of drug-likeness (QED) is 0.618. The number of benzene rings is 2. The summed E-state index contributed by atoms with van der Waals surface area (Å²) in [4.78, 5) is 13.7. The van der Waals surface area contributed by atoms with Crippen molar-refractivity contribution in [2.45, 2.75) is 10.8 Å². The molecule has 1 fully saturated rings. The molecule has 140 valence electrons. The van der Waals surface area contributed by atoms with Crippen LogP contribution in [-0.4, -0.2) is 36.1 Å². The minimum Gasteiger partial charge on any atom is -0.367 e. The van der Waals surface area contributed by atoms with Gasteiger partial charge in [-0.05, 0) is 17.7 Å². The summed E-state index contributed by atoms with van der Waals surface area (Å²) in [6.45, 7) is 3.45. The van der Waals surface area contributed by atoms with E-state index in [0.717, 1.165) is 54.0 Å². The molecule has 1 aliphatic heterocycles. The molecule has 6 heteroatoms. The molecule has 2 aromatic carbocycles. The fourth-order valence-electron chi connectivity index (χ4n) is 3.31. The summed E-state index contributed by atoms with van der Waals surface area (Å²) in [5.74, 6) is 1.81. The van der Waals surface area contributed by atoms with E-state index in [0.29, 0.717) is 0 Å². The van der Waals surface area contributed by atoms with E-state index in [2.05, 4.69) is 45.1 Å². The molecule has 2 heterocycles. The molecule has 4 rings (SSSR count). The van der Waals surface area contributed by atoms with E-state index in [1.807, 2.05) is 42.7 Å². The first kappa shape index (κ1) is 18.3. The molecule has 0 amide bonds. The lowest BCUT2D eigenvalue weighted by molar-refractivity contribution is 0.643. The molecule has 0 aliphatic carbocycles. The van der Waals surface area contributed by atoms with Gasteiger partial charge in [-0.25, -0.2) is 4.98 Å². The third-order valence-electron chi connectivity index (χ3n) is 4.80. The molecular formula is C22H21N5S. The highest BCUT2D eigenvalue weighted by Crippen LogP contribution is 2.25. The highest BCUT2D eigenvalue weighted by Gasteiger charge is 2.20. The molecule has 5 nitrogen and oxygen atoms in total. The second-order valence-electron chi connectivity index (χ2n) is 6.59. The fourth-order valence-corrected chi connectivity index (χ4v) is 4.11. The van der Waals surface area contributed by atoms with Crippen LogP contribution in [0, 0.1) is 11.3 Å². The highest BCUT2D eigenvalue weighted by atomic mass is 32.2. The van der Waals surface area contributed by atoms with Gasteiger partial charge >= 0.3 is 0 Å².